The first-order valence-corrected chi connectivity index (χ1v) is 4.25. The fourth-order valence-corrected chi connectivity index (χ4v) is 0.915. The Bertz CT molecular complexity index is 262. The second-order valence-corrected chi connectivity index (χ2v) is 3.03. The minimum absolute atomic E-state index is 0.891. The van der Waals surface area contributed by atoms with Gasteiger partial charge in [0.2, 0.25) is 0 Å². The average molecular weight is 165 g/mol. The molecule has 0 spiro atoms. The second-order valence-electron chi connectivity index (χ2n) is 3.03. The van der Waals surface area contributed by atoms with E-state index in [1.165, 1.54) is 5.57 Å². The monoisotopic (exact) mass is 165 g/mol. The molecule has 0 aromatic carbocycles. The summed E-state index contributed by atoms with van der Waals surface area (Å²) in [6.07, 6.45) is 3.92. The molecule has 3 nitrogen and oxygen atoms in total. The van der Waals surface area contributed by atoms with Crippen molar-refractivity contribution in [3.05, 3.63) is 24.0 Å². The minimum Gasteiger partial charge on any atom is -0.252 e. The van der Waals surface area contributed by atoms with E-state index in [9.17, 15) is 0 Å². The fraction of sp³-hybridized carbons (Fsp3) is 0.556. The van der Waals surface area contributed by atoms with Crippen molar-refractivity contribution in [1.29, 1.82) is 0 Å². The van der Waals surface area contributed by atoms with E-state index in [2.05, 4.69) is 23.8 Å². The largest absolute Gasteiger partial charge is 0.252 e. The maximum atomic E-state index is 4.00. The van der Waals surface area contributed by atoms with Gasteiger partial charge >= 0.3 is 0 Å². The standard InChI is InChI=1S/C9H15N3/c1-4-9-7-12(11-10-9)6-5-8(2)3/h7H,2,4-6H2,1,3H3. The summed E-state index contributed by atoms with van der Waals surface area (Å²) in [6.45, 7) is 8.83. The van der Waals surface area contributed by atoms with Crippen molar-refractivity contribution in [3.8, 4) is 0 Å². The SMILES string of the molecule is C=C(C)CCn1cc(CC)nn1. The quantitative estimate of drug-likeness (QED) is 0.637. The number of nitrogens with zero attached hydrogens (tertiary/aromatic N) is 3. The van der Waals surface area contributed by atoms with Gasteiger partial charge < -0.3 is 0 Å². The van der Waals surface area contributed by atoms with Crippen LogP contribution in [-0.4, -0.2) is 15.0 Å². The van der Waals surface area contributed by atoms with Crippen molar-refractivity contribution >= 4 is 0 Å². The normalized spacial score (nSPS) is 10.2. The van der Waals surface area contributed by atoms with Gasteiger partial charge in [-0.15, -0.1) is 11.7 Å². The van der Waals surface area contributed by atoms with E-state index >= 15 is 0 Å². The number of rotatable bonds is 4. The summed E-state index contributed by atoms with van der Waals surface area (Å²) in [6, 6.07) is 0. The summed E-state index contributed by atoms with van der Waals surface area (Å²) in [5.74, 6) is 0. The van der Waals surface area contributed by atoms with Crippen LogP contribution in [0.1, 0.15) is 26.0 Å². The summed E-state index contributed by atoms with van der Waals surface area (Å²) < 4.78 is 1.87. The molecule has 3 heteroatoms. The molecule has 1 aromatic heterocycles. The molecule has 0 saturated heterocycles. The summed E-state index contributed by atoms with van der Waals surface area (Å²) in [5, 5.41) is 7.98. The van der Waals surface area contributed by atoms with Crippen LogP contribution in [0.5, 0.6) is 0 Å². The van der Waals surface area contributed by atoms with Crippen LogP contribution in [0.15, 0.2) is 18.3 Å². The van der Waals surface area contributed by atoms with Crippen LogP contribution in [0.3, 0.4) is 0 Å². The zero-order valence-corrected chi connectivity index (χ0v) is 7.75. The van der Waals surface area contributed by atoms with Crippen molar-refractivity contribution in [2.24, 2.45) is 0 Å². The Morgan fingerprint density at radius 2 is 2.42 bits per heavy atom. The highest BCUT2D eigenvalue weighted by molar-refractivity contribution is 4.92. The lowest BCUT2D eigenvalue weighted by atomic mass is 10.2. The lowest BCUT2D eigenvalue weighted by Gasteiger charge is -1.97. The fourth-order valence-electron chi connectivity index (χ4n) is 0.915. The first-order valence-electron chi connectivity index (χ1n) is 4.25. The molecule has 0 atom stereocenters. The zero-order valence-electron chi connectivity index (χ0n) is 7.75. The summed E-state index contributed by atoms with van der Waals surface area (Å²) >= 11 is 0. The van der Waals surface area contributed by atoms with Crippen molar-refractivity contribution in [3.63, 3.8) is 0 Å². The Morgan fingerprint density at radius 3 is 2.92 bits per heavy atom. The number of hydrogen-bond acceptors (Lipinski definition) is 2. The van der Waals surface area contributed by atoms with Crippen LogP contribution in [0.2, 0.25) is 0 Å². The highest BCUT2D eigenvalue weighted by Crippen LogP contribution is 1.99. The molecule has 0 fully saturated rings. The Morgan fingerprint density at radius 1 is 1.67 bits per heavy atom. The Kier molecular flexibility index (Phi) is 3.02. The molecule has 0 unspecified atom stereocenters. The van der Waals surface area contributed by atoms with E-state index in [0.717, 1.165) is 25.1 Å². The van der Waals surface area contributed by atoms with E-state index in [1.807, 2.05) is 17.8 Å². The molecule has 1 aromatic rings. The van der Waals surface area contributed by atoms with Crippen molar-refractivity contribution in [1.82, 2.24) is 15.0 Å². The summed E-state index contributed by atoms with van der Waals surface area (Å²) in [5.41, 5.74) is 2.24. The van der Waals surface area contributed by atoms with Gasteiger partial charge in [0.25, 0.3) is 0 Å². The maximum Gasteiger partial charge on any atom is 0.0824 e. The second kappa shape index (κ2) is 4.04. The Balaban J connectivity index is 2.47. The predicted octanol–water partition coefficient (Wildman–Crippen LogP) is 1.81. The lowest BCUT2D eigenvalue weighted by Crippen LogP contribution is -1.98. The molecule has 66 valence electrons. The lowest BCUT2D eigenvalue weighted by molar-refractivity contribution is 0.587. The molecule has 0 aliphatic heterocycles. The number of aryl methyl sites for hydroxylation is 2. The highest BCUT2D eigenvalue weighted by atomic mass is 15.4. The number of allylic oxidation sites excluding steroid dienone is 1. The predicted molar refractivity (Wildman–Crippen MR) is 48.8 cm³/mol. The third-order valence-corrected chi connectivity index (χ3v) is 1.72. The van der Waals surface area contributed by atoms with Crippen LogP contribution in [0.25, 0.3) is 0 Å². The van der Waals surface area contributed by atoms with Gasteiger partial charge in [0.15, 0.2) is 0 Å². The van der Waals surface area contributed by atoms with E-state index in [4.69, 9.17) is 0 Å². The molecule has 12 heavy (non-hydrogen) atoms. The molecule has 0 aliphatic rings. The van der Waals surface area contributed by atoms with Crippen LogP contribution in [0.4, 0.5) is 0 Å². The molecule has 0 aliphatic carbocycles. The number of hydrogen-bond donors (Lipinski definition) is 0. The average Bonchev–Trinajstić information content (AvgIpc) is 2.48. The third-order valence-electron chi connectivity index (χ3n) is 1.72. The van der Waals surface area contributed by atoms with Crippen LogP contribution >= 0.6 is 0 Å². The molecule has 0 bridgehead atoms. The molecule has 0 saturated carbocycles. The molecular weight excluding hydrogens is 150 g/mol. The van der Waals surface area contributed by atoms with Gasteiger partial charge in [0, 0.05) is 12.7 Å². The molecular formula is C9H15N3. The van der Waals surface area contributed by atoms with Crippen molar-refractivity contribution < 1.29 is 0 Å². The van der Waals surface area contributed by atoms with Crippen molar-refractivity contribution in [2.75, 3.05) is 0 Å². The van der Waals surface area contributed by atoms with Crippen LogP contribution in [-0.2, 0) is 13.0 Å². The first kappa shape index (κ1) is 8.97. The van der Waals surface area contributed by atoms with Crippen molar-refractivity contribution in [2.45, 2.75) is 33.2 Å². The van der Waals surface area contributed by atoms with Gasteiger partial charge in [-0.25, -0.2) is 0 Å². The Hall–Kier alpha value is -1.12. The Labute approximate surface area is 73.1 Å². The maximum absolute atomic E-state index is 4.00. The summed E-state index contributed by atoms with van der Waals surface area (Å²) in [7, 11) is 0. The van der Waals surface area contributed by atoms with E-state index in [-0.39, 0.29) is 0 Å². The smallest absolute Gasteiger partial charge is 0.0824 e. The van der Waals surface area contributed by atoms with Gasteiger partial charge in [0.1, 0.15) is 0 Å². The minimum atomic E-state index is 0.891. The van der Waals surface area contributed by atoms with Crippen LogP contribution < -0.4 is 0 Å². The molecule has 1 heterocycles. The van der Waals surface area contributed by atoms with Gasteiger partial charge in [-0.05, 0) is 19.8 Å². The van der Waals surface area contributed by atoms with Gasteiger partial charge in [-0.2, -0.15) is 0 Å². The first-order chi connectivity index (χ1) is 5.72. The van der Waals surface area contributed by atoms with E-state index < -0.39 is 0 Å². The topological polar surface area (TPSA) is 30.7 Å². The third kappa shape index (κ3) is 2.49. The highest BCUT2D eigenvalue weighted by Gasteiger charge is 1.96. The van der Waals surface area contributed by atoms with Gasteiger partial charge in [-0.3, -0.25) is 4.68 Å². The van der Waals surface area contributed by atoms with E-state index in [0.29, 0.717) is 0 Å². The van der Waals surface area contributed by atoms with Crippen LogP contribution in [0, 0.1) is 0 Å². The van der Waals surface area contributed by atoms with E-state index in [1.54, 1.807) is 0 Å². The molecule has 0 amide bonds. The number of aromatic nitrogens is 3. The molecule has 0 N–H and O–H groups in total. The van der Waals surface area contributed by atoms with Gasteiger partial charge in [-0.1, -0.05) is 17.7 Å². The molecule has 1 rings (SSSR count). The summed E-state index contributed by atoms with van der Waals surface area (Å²) in [4.78, 5) is 0. The van der Waals surface area contributed by atoms with Gasteiger partial charge in [0.05, 0.1) is 5.69 Å². The zero-order chi connectivity index (χ0) is 8.97. The molecule has 0 radical (unpaired) electrons.